The van der Waals surface area contributed by atoms with Gasteiger partial charge in [0.05, 0.1) is 17.9 Å². The van der Waals surface area contributed by atoms with Crippen LogP contribution in [0.3, 0.4) is 0 Å². The Morgan fingerprint density at radius 2 is 1.82 bits per heavy atom. The SMILES string of the molecule is [2H]c1cc(C)c([2H])c([2H])c1-c1ccc([Si](C)(C)C)cn1. The molecular formula is C15H19NSi. The van der Waals surface area contributed by atoms with Gasteiger partial charge < -0.3 is 0 Å². The second-order valence-corrected chi connectivity index (χ2v) is 10.4. The van der Waals surface area contributed by atoms with Crippen LogP contribution < -0.4 is 5.19 Å². The molecule has 1 heterocycles. The Hall–Kier alpha value is -1.41. The topological polar surface area (TPSA) is 12.9 Å². The van der Waals surface area contributed by atoms with Crippen molar-refractivity contribution in [2.45, 2.75) is 26.6 Å². The molecule has 2 heteroatoms. The van der Waals surface area contributed by atoms with E-state index in [1.54, 1.807) is 13.0 Å². The van der Waals surface area contributed by atoms with E-state index in [9.17, 15) is 0 Å². The van der Waals surface area contributed by atoms with Crippen molar-refractivity contribution < 1.29 is 4.11 Å². The van der Waals surface area contributed by atoms with Crippen molar-refractivity contribution in [3.63, 3.8) is 0 Å². The summed E-state index contributed by atoms with van der Waals surface area (Å²) >= 11 is 0. The molecule has 0 atom stereocenters. The monoisotopic (exact) mass is 244 g/mol. The van der Waals surface area contributed by atoms with Crippen LogP contribution in [0, 0.1) is 6.92 Å². The molecule has 0 bridgehead atoms. The summed E-state index contributed by atoms with van der Waals surface area (Å²) in [5.74, 6) is 0. The van der Waals surface area contributed by atoms with Crippen LogP contribution in [0.2, 0.25) is 19.6 Å². The van der Waals surface area contributed by atoms with Crippen molar-refractivity contribution in [3.8, 4) is 11.3 Å². The van der Waals surface area contributed by atoms with E-state index in [0.29, 0.717) is 16.8 Å². The number of rotatable bonds is 2. The molecule has 2 aromatic rings. The Kier molecular flexibility index (Phi) is 2.27. The third kappa shape index (κ3) is 2.83. The highest BCUT2D eigenvalue weighted by Crippen LogP contribution is 2.16. The summed E-state index contributed by atoms with van der Waals surface area (Å²) < 4.78 is 24.0. The minimum Gasteiger partial charge on any atom is -0.256 e. The van der Waals surface area contributed by atoms with E-state index in [4.69, 9.17) is 4.11 Å². The molecule has 0 fully saturated rings. The van der Waals surface area contributed by atoms with Gasteiger partial charge >= 0.3 is 0 Å². The van der Waals surface area contributed by atoms with E-state index in [-0.39, 0.29) is 18.1 Å². The lowest BCUT2D eigenvalue weighted by Gasteiger charge is -2.16. The number of aromatic nitrogens is 1. The maximum absolute atomic E-state index is 8.05. The summed E-state index contributed by atoms with van der Waals surface area (Å²) in [7, 11) is -1.40. The van der Waals surface area contributed by atoms with Crippen molar-refractivity contribution >= 4 is 13.3 Å². The largest absolute Gasteiger partial charge is 0.256 e. The van der Waals surface area contributed by atoms with Crippen molar-refractivity contribution in [1.82, 2.24) is 4.98 Å². The maximum atomic E-state index is 8.05. The van der Waals surface area contributed by atoms with Crippen LogP contribution in [-0.4, -0.2) is 13.1 Å². The second-order valence-electron chi connectivity index (χ2n) is 5.28. The lowest BCUT2D eigenvalue weighted by molar-refractivity contribution is 1.33. The normalized spacial score (nSPS) is 14.0. The molecule has 2 rings (SSSR count). The predicted molar refractivity (Wildman–Crippen MR) is 77.4 cm³/mol. The average molecular weight is 244 g/mol. The van der Waals surface area contributed by atoms with Crippen molar-refractivity contribution in [2.24, 2.45) is 0 Å². The molecule has 0 unspecified atom stereocenters. The molecule has 88 valence electrons. The van der Waals surface area contributed by atoms with Gasteiger partial charge in [-0.3, -0.25) is 4.98 Å². The highest BCUT2D eigenvalue weighted by atomic mass is 28.3. The standard InChI is InChI=1S/C15H19NSi/c1-12-5-7-13(8-6-12)15-10-9-14(11-16-15)17(2,3)4/h5-11H,1-4H3/i5D,7D,8D. The van der Waals surface area contributed by atoms with Gasteiger partial charge in [0.2, 0.25) is 0 Å². The zero-order chi connectivity index (χ0) is 15.1. The molecule has 0 amide bonds. The van der Waals surface area contributed by atoms with Crippen molar-refractivity contribution in [2.75, 3.05) is 0 Å². The van der Waals surface area contributed by atoms with Gasteiger partial charge in [-0.05, 0) is 18.2 Å². The van der Waals surface area contributed by atoms with E-state index < -0.39 is 8.07 Å². The number of nitrogens with zero attached hydrogens (tertiary/aromatic N) is 1. The van der Waals surface area contributed by atoms with Crippen LogP contribution in [0.15, 0.2) is 42.5 Å². The Bertz CT molecular complexity index is 646. The van der Waals surface area contributed by atoms with Gasteiger partial charge in [-0.25, -0.2) is 0 Å². The first-order valence-electron chi connectivity index (χ1n) is 7.26. The lowest BCUT2D eigenvalue weighted by Crippen LogP contribution is -2.37. The molecule has 0 spiro atoms. The van der Waals surface area contributed by atoms with E-state index in [2.05, 4.69) is 24.6 Å². The zero-order valence-corrected chi connectivity index (χ0v) is 11.8. The summed E-state index contributed by atoms with van der Waals surface area (Å²) in [5, 5.41) is 1.25. The van der Waals surface area contributed by atoms with Gasteiger partial charge in [0.1, 0.15) is 0 Å². The van der Waals surface area contributed by atoms with Gasteiger partial charge in [0.15, 0.2) is 0 Å². The minimum atomic E-state index is -1.40. The first-order chi connectivity index (χ1) is 9.21. The highest BCUT2D eigenvalue weighted by molar-refractivity contribution is 6.88. The highest BCUT2D eigenvalue weighted by Gasteiger charge is 2.16. The molecule has 0 N–H and O–H groups in total. The molecule has 0 saturated heterocycles. The van der Waals surface area contributed by atoms with Crippen LogP contribution in [0.4, 0.5) is 0 Å². The minimum absolute atomic E-state index is 0.0863. The third-order valence-electron chi connectivity index (χ3n) is 2.70. The van der Waals surface area contributed by atoms with Gasteiger partial charge in [-0.1, -0.05) is 55.5 Å². The van der Waals surface area contributed by atoms with Gasteiger partial charge in [-0.2, -0.15) is 0 Å². The summed E-state index contributed by atoms with van der Waals surface area (Å²) in [6.07, 6.45) is 1.85. The molecule has 0 radical (unpaired) electrons. The van der Waals surface area contributed by atoms with Crippen molar-refractivity contribution in [3.05, 3.63) is 48.1 Å². The Balaban J connectivity index is 2.56. The van der Waals surface area contributed by atoms with Crippen LogP contribution in [-0.2, 0) is 0 Å². The molecule has 0 aliphatic carbocycles. The number of pyridine rings is 1. The van der Waals surface area contributed by atoms with Crippen LogP contribution in [0.25, 0.3) is 11.3 Å². The van der Waals surface area contributed by atoms with Crippen LogP contribution in [0.1, 0.15) is 9.68 Å². The van der Waals surface area contributed by atoms with Gasteiger partial charge in [-0.15, -0.1) is 0 Å². The smallest absolute Gasteiger partial charge is 0.0796 e. The fourth-order valence-electron chi connectivity index (χ4n) is 1.54. The average Bonchev–Trinajstić information content (AvgIpc) is 2.36. The summed E-state index contributed by atoms with van der Waals surface area (Å²) in [5.41, 5.74) is 1.71. The summed E-state index contributed by atoms with van der Waals surface area (Å²) in [6, 6.07) is 6.06. The molecule has 1 nitrogen and oxygen atoms in total. The van der Waals surface area contributed by atoms with Crippen LogP contribution >= 0.6 is 0 Å². The predicted octanol–water partition coefficient (Wildman–Crippen LogP) is 3.60. The summed E-state index contributed by atoms with van der Waals surface area (Å²) in [4.78, 5) is 4.42. The van der Waals surface area contributed by atoms with Gasteiger partial charge in [0, 0.05) is 11.8 Å². The van der Waals surface area contributed by atoms with E-state index in [1.165, 1.54) is 5.19 Å². The quantitative estimate of drug-likeness (QED) is 0.736. The van der Waals surface area contributed by atoms with Gasteiger partial charge in [0.25, 0.3) is 0 Å². The van der Waals surface area contributed by atoms with Crippen LogP contribution in [0.5, 0.6) is 0 Å². The summed E-state index contributed by atoms with van der Waals surface area (Å²) in [6.45, 7) is 8.51. The molecule has 0 aliphatic rings. The fourth-order valence-corrected chi connectivity index (χ4v) is 2.57. The second kappa shape index (κ2) is 4.45. The fraction of sp³-hybridized carbons (Fsp3) is 0.267. The molecule has 1 aromatic heterocycles. The molecule has 17 heavy (non-hydrogen) atoms. The molecule has 0 saturated carbocycles. The third-order valence-corrected chi connectivity index (χ3v) is 4.73. The number of hydrogen-bond acceptors (Lipinski definition) is 1. The number of aryl methyl sites for hydroxylation is 1. The lowest BCUT2D eigenvalue weighted by atomic mass is 10.1. The van der Waals surface area contributed by atoms with Crippen molar-refractivity contribution in [1.29, 1.82) is 0 Å². The van der Waals surface area contributed by atoms with E-state index in [0.717, 1.165) is 0 Å². The molecule has 0 aliphatic heterocycles. The number of hydrogen-bond donors (Lipinski definition) is 0. The molecular weight excluding hydrogens is 222 g/mol. The van der Waals surface area contributed by atoms with E-state index >= 15 is 0 Å². The first kappa shape index (κ1) is 8.64. The Labute approximate surface area is 109 Å². The number of benzene rings is 1. The van der Waals surface area contributed by atoms with E-state index in [1.807, 2.05) is 18.3 Å². The Morgan fingerprint density at radius 3 is 2.41 bits per heavy atom. The maximum Gasteiger partial charge on any atom is 0.0796 e. The first-order valence-corrected chi connectivity index (χ1v) is 9.26. The zero-order valence-electron chi connectivity index (χ0n) is 13.8. The Morgan fingerprint density at radius 1 is 1.06 bits per heavy atom. The molecule has 1 aromatic carbocycles.